The Labute approximate surface area is 110 Å². The number of hydrogen-bond donors (Lipinski definition) is 2. The van der Waals surface area contributed by atoms with Crippen molar-refractivity contribution in [1.29, 1.82) is 0 Å². The number of anilines is 1. The second-order valence-corrected chi connectivity index (χ2v) is 4.20. The molecule has 0 amide bonds. The number of nitro benzene ring substituents is 1. The predicted octanol–water partition coefficient (Wildman–Crippen LogP) is 2.12. The van der Waals surface area contributed by atoms with Crippen molar-refractivity contribution in [3.05, 3.63) is 28.3 Å². The van der Waals surface area contributed by atoms with E-state index in [1.807, 2.05) is 0 Å². The molecule has 1 rings (SSSR count). The third kappa shape index (κ3) is 3.57. The molecule has 1 aromatic rings. The summed E-state index contributed by atoms with van der Waals surface area (Å²) in [7, 11) is 1.45. The van der Waals surface area contributed by atoms with Crippen LogP contribution in [0.1, 0.15) is 13.8 Å². The van der Waals surface area contributed by atoms with Gasteiger partial charge in [0.2, 0.25) is 0 Å². The molecule has 2 unspecified atom stereocenters. The normalized spacial score (nSPS) is 13.4. The number of nitrogens with one attached hydrogen (secondary N) is 1. The molecule has 0 spiro atoms. The number of hydrogen-bond acceptors (Lipinski definition) is 5. The Kier molecular flexibility index (Phi) is 4.68. The highest BCUT2D eigenvalue weighted by molar-refractivity contribution is 5.72. The molecular formula is C12H16N2O5. The third-order valence-corrected chi connectivity index (χ3v) is 2.92. The van der Waals surface area contributed by atoms with Gasteiger partial charge in [0.25, 0.3) is 5.69 Å². The number of ether oxygens (including phenoxy) is 1. The van der Waals surface area contributed by atoms with Gasteiger partial charge in [-0.3, -0.25) is 14.9 Å². The fourth-order valence-electron chi connectivity index (χ4n) is 1.50. The van der Waals surface area contributed by atoms with Gasteiger partial charge in [-0.15, -0.1) is 0 Å². The number of methoxy groups -OCH3 is 1. The molecule has 0 heterocycles. The van der Waals surface area contributed by atoms with E-state index in [4.69, 9.17) is 9.84 Å². The average Bonchev–Trinajstić information content (AvgIpc) is 2.36. The Morgan fingerprint density at radius 3 is 2.58 bits per heavy atom. The first-order valence-corrected chi connectivity index (χ1v) is 5.68. The molecule has 0 saturated carbocycles. The number of carbonyl (C=O) groups is 1. The van der Waals surface area contributed by atoms with Crippen LogP contribution in [0.3, 0.4) is 0 Å². The molecule has 104 valence electrons. The molecule has 0 saturated heterocycles. The summed E-state index contributed by atoms with van der Waals surface area (Å²) in [6, 6.07) is 3.82. The highest BCUT2D eigenvalue weighted by Crippen LogP contribution is 2.30. The summed E-state index contributed by atoms with van der Waals surface area (Å²) >= 11 is 0. The number of carboxylic acids is 1. The zero-order valence-corrected chi connectivity index (χ0v) is 10.9. The zero-order valence-electron chi connectivity index (χ0n) is 10.9. The minimum Gasteiger partial charge on any atom is -0.497 e. The van der Waals surface area contributed by atoms with E-state index in [1.54, 1.807) is 6.92 Å². The summed E-state index contributed by atoms with van der Waals surface area (Å²) in [5, 5.41) is 22.7. The first-order chi connectivity index (χ1) is 8.86. The van der Waals surface area contributed by atoms with Gasteiger partial charge in [-0.25, -0.2) is 0 Å². The molecule has 7 heteroatoms. The first-order valence-electron chi connectivity index (χ1n) is 5.68. The minimum absolute atomic E-state index is 0.120. The monoisotopic (exact) mass is 268 g/mol. The van der Waals surface area contributed by atoms with E-state index in [2.05, 4.69) is 5.32 Å². The van der Waals surface area contributed by atoms with Gasteiger partial charge in [0.15, 0.2) is 0 Å². The van der Waals surface area contributed by atoms with Crippen LogP contribution in [0.2, 0.25) is 0 Å². The van der Waals surface area contributed by atoms with Crippen molar-refractivity contribution in [2.45, 2.75) is 19.9 Å². The van der Waals surface area contributed by atoms with Crippen molar-refractivity contribution in [1.82, 2.24) is 0 Å². The van der Waals surface area contributed by atoms with Crippen LogP contribution < -0.4 is 10.1 Å². The molecule has 0 radical (unpaired) electrons. The van der Waals surface area contributed by atoms with E-state index in [1.165, 1.54) is 32.2 Å². The van der Waals surface area contributed by atoms with Crippen LogP contribution in [0.4, 0.5) is 11.4 Å². The van der Waals surface area contributed by atoms with Crippen molar-refractivity contribution < 1.29 is 19.6 Å². The summed E-state index contributed by atoms with van der Waals surface area (Å²) < 4.78 is 5.00. The second-order valence-electron chi connectivity index (χ2n) is 4.20. The second kappa shape index (κ2) is 6.03. The molecular weight excluding hydrogens is 252 g/mol. The molecule has 0 aliphatic carbocycles. The highest BCUT2D eigenvalue weighted by atomic mass is 16.6. The van der Waals surface area contributed by atoms with E-state index in [-0.39, 0.29) is 11.4 Å². The number of nitrogens with zero attached hydrogens (tertiary/aromatic N) is 1. The molecule has 0 bridgehead atoms. The third-order valence-electron chi connectivity index (χ3n) is 2.92. The van der Waals surface area contributed by atoms with Crippen molar-refractivity contribution >= 4 is 17.3 Å². The van der Waals surface area contributed by atoms with E-state index < -0.39 is 22.9 Å². The maximum Gasteiger partial charge on any atom is 0.308 e. The lowest BCUT2D eigenvalue weighted by Gasteiger charge is -2.19. The van der Waals surface area contributed by atoms with E-state index >= 15 is 0 Å². The summed E-state index contributed by atoms with van der Waals surface area (Å²) in [6.45, 7) is 3.19. The number of nitro groups is 1. The molecule has 0 fully saturated rings. The van der Waals surface area contributed by atoms with Gasteiger partial charge in [0, 0.05) is 18.2 Å². The Balaban J connectivity index is 3.03. The van der Waals surface area contributed by atoms with Gasteiger partial charge >= 0.3 is 5.97 Å². The van der Waals surface area contributed by atoms with Gasteiger partial charge in [-0.2, -0.15) is 0 Å². The average molecular weight is 268 g/mol. The maximum absolute atomic E-state index is 10.9. The van der Waals surface area contributed by atoms with Crippen LogP contribution in [0.5, 0.6) is 5.75 Å². The molecule has 1 aromatic carbocycles. The van der Waals surface area contributed by atoms with Crippen LogP contribution in [0, 0.1) is 16.0 Å². The smallest absolute Gasteiger partial charge is 0.308 e. The van der Waals surface area contributed by atoms with E-state index in [0.29, 0.717) is 5.75 Å². The van der Waals surface area contributed by atoms with E-state index in [9.17, 15) is 14.9 Å². The number of benzene rings is 1. The lowest BCUT2D eigenvalue weighted by atomic mass is 10.0. The number of aliphatic carboxylic acids is 1. The molecule has 7 nitrogen and oxygen atoms in total. The molecule has 2 atom stereocenters. The van der Waals surface area contributed by atoms with Crippen LogP contribution in [0.15, 0.2) is 18.2 Å². The summed E-state index contributed by atoms with van der Waals surface area (Å²) in [4.78, 5) is 21.3. The molecule has 2 N–H and O–H groups in total. The van der Waals surface area contributed by atoms with Crippen LogP contribution in [0.25, 0.3) is 0 Å². The zero-order chi connectivity index (χ0) is 14.6. The standard InChI is InChI=1S/C12H16N2O5/c1-7(12(15)16)8(2)13-10-6-9(19-3)4-5-11(10)14(17)18/h4-8,13H,1-3H3,(H,15,16). The lowest BCUT2D eigenvalue weighted by Crippen LogP contribution is -2.29. The Morgan fingerprint density at radius 1 is 1.47 bits per heavy atom. The van der Waals surface area contributed by atoms with Crippen molar-refractivity contribution in [3.63, 3.8) is 0 Å². The predicted molar refractivity (Wildman–Crippen MR) is 69.5 cm³/mol. The van der Waals surface area contributed by atoms with Gasteiger partial charge in [-0.05, 0) is 19.9 Å². The SMILES string of the molecule is COc1ccc([N+](=O)[O-])c(NC(C)C(C)C(=O)O)c1. The number of carboxylic acid groups (broad SMARTS) is 1. The van der Waals surface area contributed by atoms with Gasteiger partial charge in [0.05, 0.1) is 18.0 Å². The fraction of sp³-hybridized carbons (Fsp3) is 0.417. The number of rotatable bonds is 6. The Morgan fingerprint density at radius 2 is 2.11 bits per heavy atom. The van der Waals surface area contributed by atoms with Crippen LogP contribution in [-0.2, 0) is 4.79 Å². The molecule has 0 aromatic heterocycles. The Bertz CT molecular complexity index is 489. The maximum atomic E-state index is 10.9. The largest absolute Gasteiger partial charge is 0.497 e. The molecule has 0 aliphatic rings. The summed E-state index contributed by atoms with van der Waals surface area (Å²) in [6.07, 6.45) is 0. The van der Waals surface area contributed by atoms with Gasteiger partial charge in [0.1, 0.15) is 11.4 Å². The van der Waals surface area contributed by atoms with Crippen molar-refractivity contribution in [2.24, 2.45) is 5.92 Å². The highest BCUT2D eigenvalue weighted by Gasteiger charge is 2.22. The van der Waals surface area contributed by atoms with Crippen molar-refractivity contribution in [3.8, 4) is 5.75 Å². The lowest BCUT2D eigenvalue weighted by molar-refractivity contribution is -0.384. The van der Waals surface area contributed by atoms with Crippen LogP contribution in [-0.4, -0.2) is 29.2 Å². The quantitative estimate of drug-likeness (QED) is 0.605. The first kappa shape index (κ1) is 14.7. The summed E-state index contributed by atoms with van der Waals surface area (Å²) in [5.41, 5.74) is 0.121. The van der Waals surface area contributed by atoms with Gasteiger partial charge in [-0.1, -0.05) is 0 Å². The van der Waals surface area contributed by atoms with Gasteiger partial charge < -0.3 is 15.2 Å². The fourth-order valence-corrected chi connectivity index (χ4v) is 1.50. The summed E-state index contributed by atoms with van der Waals surface area (Å²) in [5.74, 6) is -1.18. The topological polar surface area (TPSA) is 102 Å². The molecule has 19 heavy (non-hydrogen) atoms. The molecule has 0 aliphatic heterocycles. The van der Waals surface area contributed by atoms with Crippen molar-refractivity contribution in [2.75, 3.05) is 12.4 Å². The van der Waals surface area contributed by atoms with Crippen LogP contribution >= 0.6 is 0 Å². The Hall–Kier alpha value is -2.31. The van der Waals surface area contributed by atoms with E-state index in [0.717, 1.165) is 0 Å². The minimum atomic E-state index is -0.967.